The first kappa shape index (κ1) is 17.0. The standard InChI is InChI=1S/C17H30N2O/c1-13(18-16(11-12-20)17(2,3)4)14-7-9-15(10-8-14)19(5)6/h7-10,13,16,18,20H,11-12H2,1-6H3. The van der Waals surface area contributed by atoms with Crippen molar-refractivity contribution in [2.45, 2.75) is 46.2 Å². The highest BCUT2D eigenvalue weighted by Crippen LogP contribution is 2.25. The minimum absolute atomic E-state index is 0.139. The van der Waals surface area contributed by atoms with Crippen molar-refractivity contribution < 1.29 is 5.11 Å². The van der Waals surface area contributed by atoms with Crippen molar-refractivity contribution in [1.82, 2.24) is 5.32 Å². The van der Waals surface area contributed by atoms with Crippen molar-refractivity contribution in [2.24, 2.45) is 5.41 Å². The number of rotatable bonds is 6. The summed E-state index contributed by atoms with van der Waals surface area (Å²) in [4.78, 5) is 2.10. The van der Waals surface area contributed by atoms with E-state index in [0.29, 0.717) is 6.04 Å². The molecule has 3 heteroatoms. The first-order valence-electron chi connectivity index (χ1n) is 7.40. The summed E-state index contributed by atoms with van der Waals surface area (Å²) < 4.78 is 0. The van der Waals surface area contributed by atoms with Gasteiger partial charge in [-0.1, -0.05) is 32.9 Å². The molecule has 0 aliphatic rings. The second-order valence-electron chi connectivity index (χ2n) is 6.81. The maximum atomic E-state index is 9.24. The number of nitrogens with one attached hydrogen (secondary N) is 1. The number of hydrogen-bond acceptors (Lipinski definition) is 3. The summed E-state index contributed by atoms with van der Waals surface area (Å²) in [5.74, 6) is 0. The average Bonchev–Trinajstić information content (AvgIpc) is 2.37. The van der Waals surface area contributed by atoms with Gasteiger partial charge >= 0.3 is 0 Å². The van der Waals surface area contributed by atoms with Gasteiger partial charge in [0.2, 0.25) is 0 Å². The van der Waals surface area contributed by atoms with Gasteiger partial charge in [0.15, 0.2) is 0 Å². The molecule has 0 saturated carbocycles. The summed E-state index contributed by atoms with van der Waals surface area (Å²) in [5.41, 5.74) is 2.63. The third-order valence-electron chi connectivity index (χ3n) is 3.82. The number of benzene rings is 1. The van der Waals surface area contributed by atoms with E-state index >= 15 is 0 Å². The Balaban J connectivity index is 2.75. The number of anilines is 1. The van der Waals surface area contributed by atoms with E-state index in [1.807, 2.05) is 14.1 Å². The molecule has 114 valence electrons. The van der Waals surface area contributed by atoms with Crippen molar-refractivity contribution >= 4 is 5.69 Å². The van der Waals surface area contributed by atoms with E-state index in [1.54, 1.807) is 0 Å². The van der Waals surface area contributed by atoms with Crippen molar-refractivity contribution in [3.8, 4) is 0 Å². The van der Waals surface area contributed by atoms with E-state index in [9.17, 15) is 5.11 Å². The Morgan fingerprint density at radius 1 is 1.15 bits per heavy atom. The SMILES string of the molecule is CC(NC(CCO)C(C)(C)C)c1ccc(N(C)C)cc1. The number of nitrogens with zero attached hydrogens (tertiary/aromatic N) is 1. The van der Waals surface area contributed by atoms with E-state index in [-0.39, 0.29) is 18.1 Å². The van der Waals surface area contributed by atoms with Gasteiger partial charge < -0.3 is 15.3 Å². The molecule has 0 amide bonds. The Bertz CT molecular complexity index is 392. The van der Waals surface area contributed by atoms with E-state index in [1.165, 1.54) is 11.3 Å². The lowest BCUT2D eigenvalue weighted by atomic mass is 9.84. The molecule has 1 rings (SSSR count). The molecule has 1 aromatic rings. The molecule has 0 bridgehead atoms. The van der Waals surface area contributed by atoms with Gasteiger partial charge in [0.25, 0.3) is 0 Å². The lowest BCUT2D eigenvalue weighted by molar-refractivity contribution is 0.188. The monoisotopic (exact) mass is 278 g/mol. The molecule has 0 aromatic heterocycles. The van der Waals surface area contributed by atoms with Crippen molar-refractivity contribution in [3.63, 3.8) is 0 Å². The Hall–Kier alpha value is -1.06. The normalized spacial score (nSPS) is 14.9. The summed E-state index contributed by atoms with van der Waals surface area (Å²) in [6, 6.07) is 9.22. The molecule has 0 spiro atoms. The molecule has 2 unspecified atom stereocenters. The largest absolute Gasteiger partial charge is 0.396 e. The van der Waals surface area contributed by atoms with Gasteiger partial charge in [0.05, 0.1) is 0 Å². The summed E-state index contributed by atoms with van der Waals surface area (Å²) in [6.07, 6.45) is 0.781. The minimum Gasteiger partial charge on any atom is -0.396 e. The molecule has 2 atom stereocenters. The fourth-order valence-electron chi connectivity index (χ4n) is 2.35. The van der Waals surface area contributed by atoms with Gasteiger partial charge in [0.1, 0.15) is 0 Å². The first-order valence-corrected chi connectivity index (χ1v) is 7.40. The van der Waals surface area contributed by atoms with Crippen LogP contribution in [0.2, 0.25) is 0 Å². The van der Waals surface area contributed by atoms with Crippen LogP contribution in [0.1, 0.15) is 45.7 Å². The zero-order valence-corrected chi connectivity index (χ0v) is 13.8. The fraction of sp³-hybridized carbons (Fsp3) is 0.647. The zero-order chi connectivity index (χ0) is 15.3. The van der Waals surface area contributed by atoms with Crippen molar-refractivity contribution in [2.75, 3.05) is 25.6 Å². The Labute approximate surface area is 124 Å². The second kappa shape index (κ2) is 7.09. The van der Waals surface area contributed by atoms with Crippen LogP contribution in [0, 0.1) is 5.41 Å². The number of aliphatic hydroxyl groups excluding tert-OH is 1. The zero-order valence-electron chi connectivity index (χ0n) is 13.8. The van der Waals surface area contributed by atoms with Crippen LogP contribution >= 0.6 is 0 Å². The van der Waals surface area contributed by atoms with Gasteiger partial charge in [0, 0.05) is 38.5 Å². The number of hydrogen-bond donors (Lipinski definition) is 2. The average molecular weight is 278 g/mol. The Kier molecular flexibility index (Phi) is 6.03. The summed E-state index contributed by atoms with van der Waals surface area (Å²) in [5, 5.41) is 12.9. The van der Waals surface area contributed by atoms with E-state index in [2.05, 4.69) is 62.2 Å². The van der Waals surface area contributed by atoms with E-state index < -0.39 is 0 Å². The fourth-order valence-corrected chi connectivity index (χ4v) is 2.35. The van der Waals surface area contributed by atoms with Crippen LogP contribution in [0.5, 0.6) is 0 Å². The van der Waals surface area contributed by atoms with Gasteiger partial charge in [-0.3, -0.25) is 0 Å². The van der Waals surface area contributed by atoms with Crippen molar-refractivity contribution in [3.05, 3.63) is 29.8 Å². The van der Waals surface area contributed by atoms with Crippen LogP contribution in [0.15, 0.2) is 24.3 Å². The Morgan fingerprint density at radius 2 is 1.70 bits per heavy atom. The van der Waals surface area contributed by atoms with Gasteiger partial charge in [-0.15, -0.1) is 0 Å². The molecule has 0 aliphatic heterocycles. The lowest BCUT2D eigenvalue weighted by Crippen LogP contribution is -2.42. The van der Waals surface area contributed by atoms with E-state index in [0.717, 1.165) is 6.42 Å². The highest BCUT2D eigenvalue weighted by molar-refractivity contribution is 5.46. The van der Waals surface area contributed by atoms with Crippen LogP contribution in [-0.2, 0) is 0 Å². The molecule has 1 aromatic carbocycles. The first-order chi connectivity index (χ1) is 9.25. The summed E-state index contributed by atoms with van der Waals surface area (Å²) in [7, 11) is 4.10. The van der Waals surface area contributed by atoms with Gasteiger partial charge in [-0.25, -0.2) is 0 Å². The Morgan fingerprint density at radius 3 is 2.10 bits per heavy atom. The summed E-state index contributed by atoms with van der Waals surface area (Å²) >= 11 is 0. The lowest BCUT2D eigenvalue weighted by Gasteiger charge is -2.34. The predicted molar refractivity (Wildman–Crippen MR) is 87.3 cm³/mol. The maximum Gasteiger partial charge on any atom is 0.0446 e. The molecular formula is C17H30N2O. The predicted octanol–water partition coefficient (Wildman–Crippen LogP) is 3.20. The molecule has 0 aliphatic carbocycles. The van der Waals surface area contributed by atoms with E-state index in [4.69, 9.17) is 0 Å². The molecule has 0 heterocycles. The maximum absolute atomic E-state index is 9.24. The van der Waals surface area contributed by atoms with Gasteiger partial charge in [-0.05, 0) is 36.5 Å². The molecule has 20 heavy (non-hydrogen) atoms. The number of aliphatic hydroxyl groups is 1. The molecule has 3 nitrogen and oxygen atoms in total. The summed E-state index contributed by atoms with van der Waals surface area (Å²) in [6.45, 7) is 9.04. The third kappa shape index (κ3) is 4.80. The van der Waals surface area contributed by atoms with Crippen LogP contribution in [-0.4, -0.2) is 31.9 Å². The minimum atomic E-state index is 0.139. The second-order valence-corrected chi connectivity index (χ2v) is 6.81. The quantitative estimate of drug-likeness (QED) is 0.839. The molecular weight excluding hydrogens is 248 g/mol. The molecule has 0 fully saturated rings. The molecule has 0 saturated heterocycles. The van der Waals surface area contributed by atoms with Crippen LogP contribution in [0.4, 0.5) is 5.69 Å². The molecule has 2 N–H and O–H groups in total. The molecule has 0 radical (unpaired) electrons. The van der Waals surface area contributed by atoms with Gasteiger partial charge in [-0.2, -0.15) is 0 Å². The smallest absolute Gasteiger partial charge is 0.0446 e. The van der Waals surface area contributed by atoms with Crippen LogP contribution in [0.3, 0.4) is 0 Å². The van der Waals surface area contributed by atoms with Crippen molar-refractivity contribution in [1.29, 1.82) is 0 Å². The van der Waals surface area contributed by atoms with Crippen LogP contribution in [0.25, 0.3) is 0 Å². The highest BCUT2D eigenvalue weighted by atomic mass is 16.3. The highest BCUT2D eigenvalue weighted by Gasteiger charge is 2.25. The topological polar surface area (TPSA) is 35.5 Å². The van der Waals surface area contributed by atoms with Crippen LogP contribution < -0.4 is 10.2 Å². The third-order valence-corrected chi connectivity index (χ3v) is 3.82.